The second-order valence-electron chi connectivity index (χ2n) is 4.22. The van der Waals surface area contributed by atoms with E-state index in [1.165, 1.54) is 35.1 Å². The largest absolute Gasteiger partial charge is 0.491 e. The molecule has 3 rings (SSSR count). The van der Waals surface area contributed by atoms with Gasteiger partial charge in [-0.25, -0.2) is 14.1 Å². The summed E-state index contributed by atoms with van der Waals surface area (Å²) >= 11 is 3.20. The number of aromatic hydroxyl groups is 1. The molecule has 7 heteroatoms. The Morgan fingerprint density at radius 2 is 1.86 bits per heavy atom. The molecule has 0 saturated heterocycles. The summed E-state index contributed by atoms with van der Waals surface area (Å²) in [6, 6.07) is 8.66. The van der Waals surface area contributed by atoms with E-state index in [2.05, 4.69) is 26.0 Å². The Morgan fingerprint density at radius 3 is 2.52 bits per heavy atom. The van der Waals surface area contributed by atoms with Crippen molar-refractivity contribution in [3.05, 3.63) is 58.8 Å². The molecule has 0 spiro atoms. The van der Waals surface area contributed by atoms with Crippen LogP contribution in [0.2, 0.25) is 0 Å². The molecule has 106 valence electrons. The quantitative estimate of drug-likeness (QED) is 0.716. The van der Waals surface area contributed by atoms with E-state index in [1.807, 2.05) is 0 Å². The summed E-state index contributed by atoms with van der Waals surface area (Å²) in [6.45, 7) is 0. The van der Waals surface area contributed by atoms with Crippen LogP contribution in [0.5, 0.6) is 5.88 Å². The first kappa shape index (κ1) is 13.7. The highest BCUT2D eigenvalue weighted by molar-refractivity contribution is 9.10. The SMILES string of the molecule is Oc1nn(-c2ccccc2F)c(-c2ccc(F)nc2)c1Br. The third kappa shape index (κ3) is 2.40. The Labute approximate surface area is 126 Å². The molecule has 4 nitrogen and oxygen atoms in total. The number of rotatable bonds is 2. The van der Waals surface area contributed by atoms with Crippen molar-refractivity contribution in [1.29, 1.82) is 0 Å². The molecule has 0 amide bonds. The van der Waals surface area contributed by atoms with E-state index < -0.39 is 11.8 Å². The van der Waals surface area contributed by atoms with Crippen LogP contribution >= 0.6 is 15.9 Å². The van der Waals surface area contributed by atoms with Crippen molar-refractivity contribution in [2.75, 3.05) is 0 Å². The Morgan fingerprint density at radius 1 is 1.10 bits per heavy atom. The van der Waals surface area contributed by atoms with Gasteiger partial charge in [0.15, 0.2) is 0 Å². The van der Waals surface area contributed by atoms with Gasteiger partial charge in [-0.2, -0.15) is 4.39 Å². The predicted octanol–water partition coefficient (Wildman–Crippen LogP) is 3.68. The van der Waals surface area contributed by atoms with Gasteiger partial charge in [0.1, 0.15) is 16.0 Å². The molecule has 0 fully saturated rings. The third-order valence-electron chi connectivity index (χ3n) is 2.89. The molecule has 0 atom stereocenters. The third-order valence-corrected chi connectivity index (χ3v) is 3.62. The summed E-state index contributed by atoms with van der Waals surface area (Å²) < 4.78 is 28.4. The lowest BCUT2D eigenvalue weighted by atomic mass is 10.2. The fraction of sp³-hybridized carbons (Fsp3) is 0. The zero-order valence-corrected chi connectivity index (χ0v) is 12.1. The number of hydrogen-bond acceptors (Lipinski definition) is 3. The summed E-state index contributed by atoms with van der Waals surface area (Å²) in [5.41, 5.74) is 1.03. The van der Waals surface area contributed by atoms with Crippen LogP contribution in [0.25, 0.3) is 16.9 Å². The van der Waals surface area contributed by atoms with Crippen molar-refractivity contribution in [1.82, 2.24) is 14.8 Å². The number of aromatic nitrogens is 3. The number of hydrogen-bond donors (Lipinski definition) is 1. The first-order chi connectivity index (χ1) is 10.1. The summed E-state index contributed by atoms with van der Waals surface area (Å²) in [5, 5.41) is 13.7. The number of benzene rings is 1. The monoisotopic (exact) mass is 351 g/mol. The van der Waals surface area contributed by atoms with Crippen LogP contribution in [0.3, 0.4) is 0 Å². The standard InChI is InChI=1S/C14H8BrF2N3O/c15-12-13(8-5-6-11(17)18-7-8)20(19-14(12)21)10-4-2-1-3-9(10)16/h1-7H,(H,19,21). The van der Waals surface area contributed by atoms with Gasteiger partial charge in [-0.3, -0.25) is 0 Å². The van der Waals surface area contributed by atoms with Crippen LogP contribution < -0.4 is 0 Å². The number of halogens is 3. The minimum Gasteiger partial charge on any atom is -0.491 e. The first-order valence-corrected chi connectivity index (χ1v) is 6.71. The van der Waals surface area contributed by atoms with E-state index in [9.17, 15) is 13.9 Å². The maximum Gasteiger partial charge on any atom is 0.245 e. The van der Waals surface area contributed by atoms with Gasteiger partial charge in [-0.1, -0.05) is 12.1 Å². The first-order valence-electron chi connectivity index (χ1n) is 5.92. The topological polar surface area (TPSA) is 50.9 Å². The molecule has 21 heavy (non-hydrogen) atoms. The lowest BCUT2D eigenvalue weighted by Gasteiger charge is -2.08. The van der Waals surface area contributed by atoms with Crippen LogP contribution in [0.1, 0.15) is 0 Å². The van der Waals surface area contributed by atoms with Crippen LogP contribution in [0, 0.1) is 11.8 Å². The van der Waals surface area contributed by atoms with Gasteiger partial charge in [-0.05, 0) is 40.2 Å². The van der Waals surface area contributed by atoms with Gasteiger partial charge >= 0.3 is 0 Å². The van der Waals surface area contributed by atoms with Crippen molar-refractivity contribution < 1.29 is 13.9 Å². The van der Waals surface area contributed by atoms with E-state index >= 15 is 0 Å². The Hall–Kier alpha value is -2.28. The summed E-state index contributed by atoms with van der Waals surface area (Å²) in [7, 11) is 0. The van der Waals surface area contributed by atoms with Crippen molar-refractivity contribution in [2.45, 2.75) is 0 Å². The molecule has 1 N–H and O–H groups in total. The van der Waals surface area contributed by atoms with Crippen LogP contribution in [-0.4, -0.2) is 19.9 Å². The van der Waals surface area contributed by atoms with E-state index in [4.69, 9.17) is 0 Å². The van der Waals surface area contributed by atoms with E-state index in [0.29, 0.717) is 11.3 Å². The average Bonchev–Trinajstić information content (AvgIpc) is 2.76. The minimum absolute atomic E-state index is 0.165. The molecule has 0 aliphatic carbocycles. The highest BCUT2D eigenvalue weighted by atomic mass is 79.9. The predicted molar refractivity (Wildman–Crippen MR) is 76.1 cm³/mol. The Bertz CT molecular complexity index is 802. The minimum atomic E-state index is -0.629. The van der Waals surface area contributed by atoms with Crippen molar-refractivity contribution in [2.24, 2.45) is 0 Å². The smallest absolute Gasteiger partial charge is 0.245 e. The molecule has 3 aromatic rings. The van der Waals surface area contributed by atoms with Crippen molar-refractivity contribution >= 4 is 15.9 Å². The summed E-state index contributed by atoms with van der Waals surface area (Å²) in [6.07, 6.45) is 1.29. The van der Waals surface area contributed by atoms with Gasteiger partial charge < -0.3 is 5.11 Å². The van der Waals surface area contributed by atoms with Gasteiger partial charge in [0, 0.05) is 11.8 Å². The molecule has 0 aliphatic heterocycles. The Kier molecular flexibility index (Phi) is 3.42. The van der Waals surface area contributed by atoms with Gasteiger partial charge in [0.2, 0.25) is 11.8 Å². The number of para-hydroxylation sites is 1. The molecule has 0 aliphatic rings. The Balaban J connectivity index is 2.26. The molecule has 0 radical (unpaired) electrons. The molecule has 0 bridgehead atoms. The fourth-order valence-electron chi connectivity index (χ4n) is 1.95. The zero-order chi connectivity index (χ0) is 15.0. The van der Waals surface area contributed by atoms with Crippen molar-refractivity contribution in [3.8, 4) is 22.8 Å². The lowest BCUT2D eigenvalue weighted by molar-refractivity contribution is 0.444. The number of nitrogens with zero attached hydrogens (tertiary/aromatic N) is 3. The fourth-order valence-corrected chi connectivity index (χ4v) is 2.43. The molecule has 2 aromatic heterocycles. The highest BCUT2D eigenvalue weighted by Crippen LogP contribution is 2.36. The van der Waals surface area contributed by atoms with Crippen molar-refractivity contribution in [3.63, 3.8) is 0 Å². The van der Waals surface area contributed by atoms with Crippen LogP contribution in [-0.2, 0) is 0 Å². The normalized spacial score (nSPS) is 10.8. The molecule has 1 aromatic carbocycles. The maximum absolute atomic E-state index is 13.9. The second kappa shape index (κ2) is 5.25. The van der Waals surface area contributed by atoms with Crippen LogP contribution in [0.15, 0.2) is 47.1 Å². The number of pyridine rings is 1. The molecule has 0 saturated carbocycles. The van der Waals surface area contributed by atoms with Gasteiger partial charge in [-0.15, -0.1) is 5.10 Å². The van der Waals surface area contributed by atoms with E-state index in [1.54, 1.807) is 12.1 Å². The zero-order valence-electron chi connectivity index (χ0n) is 10.5. The highest BCUT2D eigenvalue weighted by Gasteiger charge is 2.20. The molecule has 0 unspecified atom stereocenters. The summed E-state index contributed by atoms with van der Waals surface area (Å²) in [4.78, 5) is 3.56. The summed E-state index contributed by atoms with van der Waals surface area (Å²) in [5.74, 6) is -1.42. The van der Waals surface area contributed by atoms with Crippen LogP contribution in [0.4, 0.5) is 8.78 Å². The van der Waals surface area contributed by atoms with Gasteiger partial charge in [0.25, 0.3) is 0 Å². The molecular formula is C14H8BrF2N3O. The maximum atomic E-state index is 13.9. The lowest BCUT2D eigenvalue weighted by Crippen LogP contribution is -2.02. The van der Waals surface area contributed by atoms with E-state index in [-0.39, 0.29) is 16.0 Å². The average molecular weight is 352 g/mol. The molecular weight excluding hydrogens is 344 g/mol. The van der Waals surface area contributed by atoms with Gasteiger partial charge in [0.05, 0.1) is 5.69 Å². The second-order valence-corrected chi connectivity index (χ2v) is 5.01. The van der Waals surface area contributed by atoms with E-state index in [0.717, 1.165) is 0 Å². The molecule has 2 heterocycles.